The number of aliphatic hydroxyl groups excluding tert-OH is 1. The molecule has 0 aromatic carbocycles. The van der Waals surface area contributed by atoms with Crippen LogP contribution in [-0.2, 0) is 0 Å². The summed E-state index contributed by atoms with van der Waals surface area (Å²) in [6.07, 6.45) is 2.08. The zero-order chi connectivity index (χ0) is 12.8. The quantitative estimate of drug-likeness (QED) is 0.713. The first-order chi connectivity index (χ1) is 8.10. The molecule has 1 rings (SSSR count). The van der Waals surface area contributed by atoms with Gasteiger partial charge in [-0.05, 0) is 20.3 Å². The molecule has 102 valence electrons. The first-order valence-electron chi connectivity index (χ1n) is 6.94. The Hall–Kier alpha value is -0.160. The van der Waals surface area contributed by atoms with Gasteiger partial charge in [0.05, 0.1) is 6.61 Å². The van der Waals surface area contributed by atoms with Crippen molar-refractivity contribution in [3.8, 4) is 0 Å². The normalized spacial score (nSPS) is 22.9. The van der Waals surface area contributed by atoms with Crippen molar-refractivity contribution in [2.45, 2.75) is 51.7 Å². The Morgan fingerprint density at radius 3 is 2.06 bits per heavy atom. The fourth-order valence-electron chi connectivity index (χ4n) is 2.63. The largest absolute Gasteiger partial charge is 0.395 e. The molecule has 4 nitrogen and oxygen atoms in total. The zero-order valence-corrected chi connectivity index (χ0v) is 11.6. The smallest absolute Gasteiger partial charge is 0.0601 e. The number of nitrogens with zero attached hydrogens (tertiary/aromatic N) is 2. The molecule has 4 heteroatoms. The average molecular weight is 243 g/mol. The summed E-state index contributed by atoms with van der Waals surface area (Å²) >= 11 is 0. The second-order valence-corrected chi connectivity index (χ2v) is 5.37. The molecule has 2 atom stereocenters. The van der Waals surface area contributed by atoms with Gasteiger partial charge in [0, 0.05) is 44.3 Å². The van der Waals surface area contributed by atoms with E-state index in [2.05, 4.69) is 30.6 Å². The van der Waals surface area contributed by atoms with Gasteiger partial charge >= 0.3 is 0 Å². The Balaban J connectivity index is 2.44. The molecular formula is C13H29N3O. The van der Waals surface area contributed by atoms with Gasteiger partial charge in [-0.1, -0.05) is 13.3 Å². The van der Waals surface area contributed by atoms with Gasteiger partial charge in [-0.2, -0.15) is 0 Å². The maximum atomic E-state index is 9.52. The summed E-state index contributed by atoms with van der Waals surface area (Å²) in [5, 5.41) is 9.52. The third-order valence-electron chi connectivity index (χ3n) is 3.85. The number of rotatable bonds is 6. The topological polar surface area (TPSA) is 52.7 Å². The van der Waals surface area contributed by atoms with Gasteiger partial charge in [-0.15, -0.1) is 0 Å². The summed E-state index contributed by atoms with van der Waals surface area (Å²) in [5.74, 6) is 0. The summed E-state index contributed by atoms with van der Waals surface area (Å²) in [6, 6.07) is 0.869. The van der Waals surface area contributed by atoms with Crippen molar-refractivity contribution in [3.05, 3.63) is 0 Å². The van der Waals surface area contributed by atoms with E-state index in [1.165, 1.54) is 0 Å². The van der Waals surface area contributed by atoms with E-state index < -0.39 is 0 Å². The van der Waals surface area contributed by atoms with E-state index in [-0.39, 0.29) is 18.7 Å². The van der Waals surface area contributed by atoms with Gasteiger partial charge < -0.3 is 10.8 Å². The molecule has 0 spiro atoms. The minimum atomic E-state index is 0.107. The van der Waals surface area contributed by atoms with E-state index in [9.17, 15) is 5.11 Å². The summed E-state index contributed by atoms with van der Waals surface area (Å²) in [4.78, 5) is 4.84. The lowest BCUT2D eigenvalue weighted by atomic mass is 10.0. The van der Waals surface area contributed by atoms with Crippen LogP contribution in [-0.4, -0.2) is 65.8 Å². The summed E-state index contributed by atoms with van der Waals surface area (Å²) in [7, 11) is 0. The van der Waals surface area contributed by atoms with Crippen molar-refractivity contribution in [2.75, 3.05) is 32.8 Å². The SMILES string of the molecule is CCCC(N)C(CO)N1CCN(C(C)C)CC1. The first kappa shape index (κ1) is 14.9. The van der Waals surface area contributed by atoms with Gasteiger partial charge in [0.1, 0.15) is 0 Å². The minimum absolute atomic E-state index is 0.107. The Bertz CT molecular complexity index is 203. The van der Waals surface area contributed by atoms with Crippen LogP contribution >= 0.6 is 0 Å². The van der Waals surface area contributed by atoms with E-state index in [1.807, 2.05) is 0 Å². The van der Waals surface area contributed by atoms with Crippen LogP contribution in [0.2, 0.25) is 0 Å². The number of nitrogens with two attached hydrogens (primary N) is 1. The predicted molar refractivity (Wildman–Crippen MR) is 72.0 cm³/mol. The van der Waals surface area contributed by atoms with Crippen LogP contribution in [0.4, 0.5) is 0 Å². The van der Waals surface area contributed by atoms with Crippen LogP contribution in [0.25, 0.3) is 0 Å². The van der Waals surface area contributed by atoms with Crippen molar-refractivity contribution >= 4 is 0 Å². The summed E-state index contributed by atoms with van der Waals surface area (Å²) in [5.41, 5.74) is 6.15. The first-order valence-corrected chi connectivity index (χ1v) is 6.94. The molecule has 3 N–H and O–H groups in total. The molecule has 0 aromatic rings. The lowest BCUT2D eigenvalue weighted by Crippen LogP contribution is -2.57. The Morgan fingerprint density at radius 1 is 1.12 bits per heavy atom. The second kappa shape index (κ2) is 7.31. The highest BCUT2D eigenvalue weighted by Crippen LogP contribution is 2.12. The number of aliphatic hydroxyl groups is 1. The van der Waals surface area contributed by atoms with Gasteiger partial charge in [-0.3, -0.25) is 9.80 Å². The Labute approximate surface area is 106 Å². The maximum absolute atomic E-state index is 9.52. The minimum Gasteiger partial charge on any atom is -0.395 e. The van der Waals surface area contributed by atoms with Crippen molar-refractivity contribution in [2.24, 2.45) is 5.73 Å². The van der Waals surface area contributed by atoms with Crippen molar-refractivity contribution in [3.63, 3.8) is 0 Å². The molecule has 0 bridgehead atoms. The van der Waals surface area contributed by atoms with E-state index in [4.69, 9.17) is 5.73 Å². The highest BCUT2D eigenvalue weighted by Gasteiger charge is 2.27. The highest BCUT2D eigenvalue weighted by molar-refractivity contribution is 4.85. The molecule has 0 amide bonds. The molecule has 1 saturated heterocycles. The highest BCUT2D eigenvalue weighted by atomic mass is 16.3. The van der Waals surface area contributed by atoms with Gasteiger partial charge in [0.25, 0.3) is 0 Å². The van der Waals surface area contributed by atoms with Crippen molar-refractivity contribution < 1.29 is 5.11 Å². The van der Waals surface area contributed by atoms with E-state index in [1.54, 1.807) is 0 Å². The summed E-state index contributed by atoms with van der Waals surface area (Å²) < 4.78 is 0. The molecule has 1 fully saturated rings. The maximum Gasteiger partial charge on any atom is 0.0601 e. The molecule has 0 saturated carbocycles. The van der Waals surface area contributed by atoms with E-state index in [0.29, 0.717) is 6.04 Å². The van der Waals surface area contributed by atoms with Crippen LogP contribution in [0.1, 0.15) is 33.6 Å². The molecule has 2 unspecified atom stereocenters. The monoisotopic (exact) mass is 243 g/mol. The molecule has 1 aliphatic rings. The molecule has 0 radical (unpaired) electrons. The number of hydrogen-bond donors (Lipinski definition) is 2. The lowest BCUT2D eigenvalue weighted by Gasteiger charge is -2.42. The van der Waals surface area contributed by atoms with Gasteiger partial charge in [-0.25, -0.2) is 0 Å². The third kappa shape index (κ3) is 4.21. The van der Waals surface area contributed by atoms with E-state index >= 15 is 0 Å². The lowest BCUT2D eigenvalue weighted by molar-refractivity contribution is 0.0418. The zero-order valence-electron chi connectivity index (χ0n) is 11.6. The molecular weight excluding hydrogens is 214 g/mol. The van der Waals surface area contributed by atoms with Crippen LogP contribution in [0.5, 0.6) is 0 Å². The average Bonchev–Trinajstić information content (AvgIpc) is 2.31. The second-order valence-electron chi connectivity index (χ2n) is 5.37. The summed E-state index contributed by atoms with van der Waals surface area (Å²) in [6.45, 7) is 11.0. The van der Waals surface area contributed by atoms with Crippen LogP contribution in [0.3, 0.4) is 0 Å². The number of piperazine rings is 1. The van der Waals surface area contributed by atoms with Gasteiger partial charge in [0.2, 0.25) is 0 Å². The standard InChI is InChI=1S/C13H29N3O/c1-4-5-12(14)13(10-17)16-8-6-15(7-9-16)11(2)3/h11-13,17H,4-10,14H2,1-3H3. The number of hydrogen-bond acceptors (Lipinski definition) is 4. The fraction of sp³-hybridized carbons (Fsp3) is 1.00. The van der Waals surface area contributed by atoms with Crippen LogP contribution in [0, 0.1) is 0 Å². The molecule has 0 aromatic heterocycles. The molecule has 1 aliphatic heterocycles. The van der Waals surface area contributed by atoms with Crippen LogP contribution < -0.4 is 5.73 Å². The third-order valence-corrected chi connectivity index (χ3v) is 3.85. The van der Waals surface area contributed by atoms with Crippen molar-refractivity contribution in [1.82, 2.24) is 9.80 Å². The molecule has 17 heavy (non-hydrogen) atoms. The molecule has 0 aliphatic carbocycles. The van der Waals surface area contributed by atoms with Gasteiger partial charge in [0.15, 0.2) is 0 Å². The fourth-order valence-corrected chi connectivity index (χ4v) is 2.63. The predicted octanol–water partition coefficient (Wildman–Crippen LogP) is 0.501. The van der Waals surface area contributed by atoms with Crippen LogP contribution in [0.15, 0.2) is 0 Å². The van der Waals surface area contributed by atoms with Crippen molar-refractivity contribution in [1.29, 1.82) is 0 Å². The molecule has 1 heterocycles. The van der Waals surface area contributed by atoms with E-state index in [0.717, 1.165) is 39.0 Å². The Kier molecular flexibility index (Phi) is 6.41. The Morgan fingerprint density at radius 2 is 1.65 bits per heavy atom.